The predicted octanol–water partition coefficient (Wildman–Crippen LogP) is 2.01. The maximum Gasteiger partial charge on any atom is 0.280 e. The Bertz CT molecular complexity index is 339. The normalized spacial score (nSPS) is 16.7. The number of carbonyl (C=O) groups is 1. The average molecular weight is 209 g/mol. The van der Waals surface area contributed by atoms with Crippen molar-refractivity contribution in [3.05, 3.63) is 23.7 Å². The van der Waals surface area contributed by atoms with Crippen LogP contribution in [-0.2, 0) is 11.3 Å². The van der Waals surface area contributed by atoms with Crippen LogP contribution in [0.5, 0.6) is 0 Å². The molecule has 0 aliphatic carbocycles. The van der Waals surface area contributed by atoms with Crippen LogP contribution in [0.1, 0.15) is 35.9 Å². The minimum atomic E-state index is -0.0831. The van der Waals surface area contributed by atoms with E-state index in [1.165, 1.54) is 5.06 Å². The lowest BCUT2D eigenvalue weighted by Gasteiger charge is -2.25. The van der Waals surface area contributed by atoms with Crippen molar-refractivity contribution < 1.29 is 14.0 Å². The highest BCUT2D eigenvalue weighted by Crippen LogP contribution is 2.16. The number of hydrogen-bond acceptors (Lipinski definition) is 3. The van der Waals surface area contributed by atoms with Crippen LogP contribution in [0.25, 0.3) is 0 Å². The lowest BCUT2D eigenvalue weighted by molar-refractivity contribution is -0.144. The smallest absolute Gasteiger partial charge is 0.280 e. The fourth-order valence-electron chi connectivity index (χ4n) is 1.70. The van der Waals surface area contributed by atoms with Gasteiger partial charge >= 0.3 is 0 Å². The zero-order valence-electron chi connectivity index (χ0n) is 8.86. The van der Waals surface area contributed by atoms with Gasteiger partial charge in [0.25, 0.3) is 5.91 Å². The van der Waals surface area contributed by atoms with Crippen molar-refractivity contribution in [1.29, 1.82) is 0 Å². The Labute approximate surface area is 88.8 Å². The monoisotopic (exact) mass is 209 g/mol. The summed E-state index contributed by atoms with van der Waals surface area (Å²) < 4.78 is 5.22. The van der Waals surface area contributed by atoms with Gasteiger partial charge in [0.1, 0.15) is 5.76 Å². The highest BCUT2D eigenvalue weighted by molar-refractivity contribution is 5.94. The summed E-state index contributed by atoms with van der Waals surface area (Å²) in [5.74, 6) is 0.648. The number of nitrogens with zero attached hydrogens (tertiary/aromatic N) is 1. The van der Waals surface area contributed by atoms with Gasteiger partial charge < -0.3 is 4.42 Å². The molecule has 0 radical (unpaired) electrons. The standard InChI is InChI=1S/C11H15NO3/c1-2-10-9(5-8-14-10)11(13)12-6-3-4-7-15-12/h5,8H,2-4,6-7H2,1H3. The van der Waals surface area contributed by atoms with E-state index >= 15 is 0 Å². The van der Waals surface area contributed by atoms with Gasteiger partial charge in [-0.15, -0.1) is 0 Å². The lowest BCUT2D eigenvalue weighted by atomic mass is 10.2. The zero-order valence-corrected chi connectivity index (χ0v) is 8.86. The highest BCUT2D eigenvalue weighted by Gasteiger charge is 2.22. The van der Waals surface area contributed by atoms with E-state index in [1.54, 1.807) is 12.3 Å². The van der Waals surface area contributed by atoms with Gasteiger partial charge in [0.2, 0.25) is 0 Å². The van der Waals surface area contributed by atoms with Gasteiger partial charge in [-0.05, 0) is 18.9 Å². The number of carbonyl (C=O) groups excluding carboxylic acids is 1. The first-order valence-electron chi connectivity index (χ1n) is 5.34. The van der Waals surface area contributed by atoms with Crippen LogP contribution < -0.4 is 0 Å². The SMILES string of the molecule is CCc1occc1C(=O)N1CCCCO1. The molecule has 2 rings (SSSR count). The van der Waals surface area contributed by atoms with E-state index in [4.69, 9.17) is 9.25 Å². The summed E-state index contributed by atoms with van der Waals surface area (Å²) in [5, 5.41) is 1.44. The molecule has 1 aliphatic heterocycles. The third-order valence-corrected chi connectivity index (χ3v) is 2.53. The summed E-state index contributed by atoms with van der Waals surface area (Å²) >= 11 is 0. The molecule has 0 unspecified atom stereocenters. The van der Waals surface area contributed by atoms with Crippen LogP contribution in [0.3, 0.4) is 0 Å². The molecular formula is C11H15NO3. The molecule has 1 amide bonds. The molecule has 1 saturated heterocycles. The van der Waals surface area contributed by atoms with Gasteiger partial charge in [0, 0.05) is 13.0 Å². The van der Waals surface area contributed by atoms with Crippen LogP contribution >= 0.6 is 0 Å². The van der Waals surface area contributed by atoms with E-state index in [-0.39, 0.29) is 5.91 Å². The number of rotatable bonds is 2. The van der Waals surface area contributed by atoms with Crippen molar-refractivity contribution in [1.82, 2.24) is 5.06 Å². The zero-order chi connectivity index (χ0) is 10.7. The molecule has 0 bridgehead atoms. The summed E-state index contributed by atoms with van der Waals surface area (Å²) in [6.07, 6.45) is 4.30. The van der Waals surface area contributed by atoms with Gasteiger partial charge in [-0.2, -0.15) is 0 Å². The second-order valence-electron chi connectivity index (χ2n) is 3.56. The molecule has 0 N–H and O–H groups in total. The fraction of sp³-hybridized carbons (Fsp3) is 0.545. The third-order valence-electron chi connectivity index (χ3n) is 2.53. The van der Waals surface area contributed by atoms with E-state index in [0.29, 0.717) is 18.7 Å². The van der Waals surface area contributed by atoms with Crippen molar-refractivity contribution in [3.63, 3.8) is 0 Å². The maximum absolute atomic E-state index is 12.0. The molecule has 1 fully saturated rings. The Morgan fingerprint density at radius 1 is 1.53 bits per heavy atom. The van der Waals surface area contributed by atoms with E-state index in [9.17, 15) is 4.79 Å². The van der Waals surface area contributed by atoms with Crippen molar-refractivity contribution in [2.45, 2.75) is 26.2 Å². The van der Waals surface area contributed by atoms with Gasteiger partial charge in [0.15, 0.2) is 0 Å². The molecule has 1 aliphatic rings. The Morgan fingerprint density at radius 2 is 2.40 bits per heavy atom. The maximum atomic E-state index is 12.0. The largest absolute Gasteiger partial charge is 0.469 e. The minimum absolute atomic E-state index is 0.0831. The Hall–Kier alpha value is -1.29. The van der Waals surface area contributed by atoms with E-state index in [0.717, 1.165) is 25.0 Å². The van der Waals surface area contributed by atoms with E-state index in [1.807, 2.05) is 6.92 Å². The van der Waals surface area contributed by atoms with Crippen molar-refractivity contribution in [3.8, 4) is 0 Å². The Balaban J connectivity index is 2.12. The second-order valence-corrected chi connectivity index (χ2v) is 3.56. The molecular weight excluding hydrogens is 194 g/mol. The quantitative estimate of drug-likeness (QED) is 0.748. The van der Waals surface area contributed by atoms with Crippen molar-refractivity contribution in [2.24, 2.45) is 0 Å². The van der Waals surface area contributed by atoms with Gasteiger partial charge in [0.05, 0.1) is 18.4 Å². The highest BCUT2D eigenvalue weighted by atomic mass is 16.7. The molecule has 0 saturated carbocycles. The number of hydroxylamine groups is 2. The Morgan fingerprint density at radius 3 is 3.07 bits per heavy atom. The first kappa shape index (κ1) is 10.2. The van der Waals surface area contributed by atoms with Crippen LogP contribution in [0, 0.1) is 0 Å². The summed E-state index contributed by atoms with van der Waals surface area (Å²) in [5.41, 5.74) is 0.624. The van der Waals surface area contributed by atoms with E-state index < -0.39 is 0 Å². The molecule has 82 valence electrons. The lowest BCUT2D eigenvalue weighted by Crippen LogP contribution is -2.35. The number of furan rings is 1. The van der Waals surface area contributed by atoms with Crippen LogP contribution in [0.4, 0.5) is 0 Å². The summed E-state index contributed by atoms with van der Waals surface area (Å²) in [6.45, 7) is 3.27. The molecule has 0 spiro atoms. The molecule has 0 atom stereocenters. The van der Waals surface area contributed by atoms with Gasteiger partial charge in [-0.25, -0.2) is 5.06 Å². The molecule has 1 aromatic heterocycles. The summed E-state index contributed by atoms with van der Waals surface area (Å²) in [4.78, 5) is 17.3. The van der Waals surface area contributed by atoms with Crippen molar-refractivity contribution in [2.75, 3.05) is 13.2 Å². The third kappa shape index (κ3) is 2.04. The van der Waals surface area contributed by atoms with Crippen LogP contribution in [0.15, 0.2) is 16.7 Å². The summed E-state index contributed by atoms with van der Waals surface area (Å²) in [6, 6.07) is 1.71. The summed E-state index contributed by atoms with van der Waals surface area (Å²) in [7, 11) is 0. The molecule has 2 heterocycles. The Kier molecular flexibility index (Phi) is 3.06. The number of hydrogen-bond donors (Lipinski definition) is 0. The van der Waals surface area contributed by atoms with E-state index in [2.05, 4.69) is 0 Å². The first-order chi connectivity index (χ1) is 7.33. The number of amides is 1. The molecule has 15 heavy (non-hydrogen) atoms. The minimum Gasteiger partial charge on any atom is -0.469 e. The average Bonchev–Trinajstić information content (AvgIpc) is 2.77. The molecule has 0 aromatic carbocycles. The topological polar surface area (TPSA) is 42.7 Å². The molecule has 1 aromatic rings. The fourth-order valence-corrected chi connectivity index (χ4v) is 1.70. The van der Waals surface area contributed by atoms with Gasteiger partial charge in [-0.1, -0.05) is 6.92 Å². The predicted molar refractivity (Wildman–Crippen MR) is 54.3 cm³/mol. The number of aryl methyl sites for hydroxylation is 1. The first-order valence-corrected chi connectivity index (χ1v) is 5.34. The van der Waals surface area contributed by atoms with Crippen LogP contribution in [-0.4, -0.2) is 24.1 Å². The second kappa shape index (κ2) is 4.49. The van der Waals surface area contributed by atoms with Crippen molar-refractivity contribution >= 4 is 5.91 Å². The van der Waals surface area contributed by atoms with Gasteiger partial charge in [-0.3, -0.25) is 9.63 Å². The molecule has 4 nitrogen and oxygen atoms in total. The van der Waals surface area contributed by atoms with Crippen LogP contribution in [0.2, 0.25) is 0 Å². The molecule has 4 heteroatoms.